The number of aromatic nitrogens is 3. The first-order valence-electron chi connectivity index (χ1n) is 10.2. The lowest BCUT2D eigenvalue weighted by Gasteiger charge is -2.27. The van der Waals surface area contributed by atoms with E-state index in [2.05, 4.69) is 19.9 Å². The van der Waals surface area contributed by atoms with Gasteiger partial charge in [-0.15, -0.1) is 0 Å². The Hall–Kier alpha value is -4.11. The molecule has 1 N–H and O–H groups in total. The van der Waals surface area contributed by atoms with Crippen LogP contribution in [-0.4, -0.2) is 31.3 Å². The van der Waals surface area contributed by atoms with Crippen molar-refractivity contribution in [1.29, 1.82) is 0 Å². The van der Waals surface area contributed by atoms with E-state index in [4.69, 9.17) is 4.42 Å². The van der Waals surface area contributed by atoms with Crippen LogP contribution >= 0.6 is 0 Å². The lowest BCUT2D eigenvalue weighted by Crippen LogP contribution is -2.35. The molecule has 0 amide bonds. The zero-order valence-electron chi connectivity index (χ0n) is 17.0. The Morgan fingerprint density at radius 2 is 2.00 bits per heavy atom. The maximum absolute atomic E-state index is 12.7. The molecule has 1 aliphatic heterocycles. The fraction of sp³-hybridized carbons (Fsp3) is 0.174. The van der Waals surface area contributed by atoms with Gasteiger partial charge < -0.3 is 9.40 Å². The number of furan rings is 1. The first kappa shape index (κ1) is 19.8. The summed E-state index contributed by atoms with van der Waals surface area (Å²) in [7, 11) is 0. The zero-order chi connectivity index (χ0) is 22.1. The number of H-pyrrole nitrogens is 1. The summed E-state index contributed by atoms with van der Waals surface area (Å²) in [6.07, 6.45) is 2.20. The molecule has 0 radical (unpaired) electrons. The van der Waals surface area contributed by atoms with Gasteiger partial charge in [-0.1, -0.05) is 18.2 Å². The van der Waals surface area contributed by atoms with Gasteiger partial charge in [-0.05, 0) is 24.3 Å². The Labute approximate surface area is 182 Å². The van der Waals surface area contributed by atoms with Crippen molar-refractivity contribution in [2.45, 2.75) is 19.5 Å². The van der Waals surface area contributed by atoms with Gasteiger partial charge in [-0.3, -0.25) is 24.8 Å². The highest BCUT2D eigenvalue weighted by Gasteiger charge is 2.22. The van der Waals surface area contributed by atoms with E-state index < -0.39 is 4.92 Å². The number of rotatable bonds is 5. The van der Waals surface area contributed by atoms with E-state index >= 15 is 0 Å². The van der Waals surface area contributed by atoms with Crippen LogP contribution in [0.3, 0.4) is 0 Å². The normalized spacial score (nSPS) is 13.6. The van der Waals surface area contributed by atoms with Gasteiger partial charge in [0.05, 0.1) is 33.8 Å². The van der Waals surface area contributed by atoms with Crippen molar-refractivity contribution in [2.24, 2.45) is 0 Å². The molecule has 1 aliphatic rings. The highest BCUT2D eigenvalue weighted by Crippen LogP contribution is 2.24. The lowest BCUT2D eigenvalue weighted by atomic mass is 10.1. The van der Waals surface area contributed by atoms with Crippen LogP contribution in [0, 0.1) is 10.1 Å². The Bertz CT molecular complexity index is 1350. The van der Waals surface area contributed by atoms with Crippen LogP contribution in [0.25, 0.3) is 22.8 Å². The van der Waals surface area contributed by atoms with Crippen molar-refractivity contribution >= 4 is 5.69 Å². The van der Waals surface area contributed by atoms with Crippen LogP contribution in [0.1, 0.15) is 17.0 Å². The predicted molar refractivity (Wildman–Crippen MR) is 117 cm³/mol. The van der Waals surface area contributed by atoms with Gasteiger partial charge in [0.25, 0.3) is 11.2 Å². The summed E-state index contributed by atoms with van der Waals surface area (Å²) >= 11 is 0. The third kappa shape index (κ3) is 3.93. The molecule has 0 saturated heterocycles. The number of nitrogens with one attached hydrogen (secondary N) is 1. The fourth-order valence-corrected chi connectivity index (χ4v) is 3.88. The summed E-state index contributed by atoms with van der Waals surface area (Å²) in [4.78, 5) is 37.6. The number of pyridine rings is 1. The van der Waals surface area contributed by atoms with E-state index in [0.717, 1.165) is 17.9 Å². The summed E-state index contributed by atoms with van der Waals surface area (Å²) in [6, 6.07) is 15.6. The average molecular weight is 429 g/mol. The molecule has 0 fully saturated rings. The molecule has 4 aromatic rings. The molecule has 0 spiro atoms. The third-order valence-electron chi connectivity index (χ3n) is 5.45. The number of non-ortho nitro benzene ring substituents is 1. The minimum atomic E-state index is -0.415. The minimum Gasteiger partial charge on any atom is -0.461 e. The van der Waals surface area contributed by atoms with Crippen molar-refractivity contribution in [3.63, 3.8) is 0 Å². The molecule has 1 aromatic carbocycles. The second-order valence-electron chi connectivity index (χ2n) is 7.60. The van der Waals surface area contributed by atoms with Gasteiger partial charge in [0, 0.05) is 43.8 Å². The molecule has 0 bridgehead atoms. The largest absolute Gasteiger partial charge is 0.461 e. The molecule has 0 saturated carbocycles. The van der Waals surface area contributed by atoms with E-state index in [0.29, 0.717) is 47.9 Å². The van der Waals surface area contributed by atoms with Crippen molar-refractivity contribution < 1.29 is 9.34 Å². The standard InChI is InChI=1S/C23H19N5O4/c29-23-18-14-27(10-9-20(18)25-22(26-23)21-8-3-11-32-21)13-16-5-2-7-19(24-16)15-4-1-6-17(12-15)28(30)31/h1-8,11-12H,9-10,13-14H2,(H,25,26,29). The van der Waals surface area contributed by atoms with Gasteiger partial charge in [-0.2, -0.15) is 0 Å². The van der Waals surface area contributed by atoms with Gasteiger partial charge in [0.2, 0.25) is 0 Å². The van der Waals surface area contributed by atoms with Gasteiger partial charge >= 0.3 is 0 Å². The first-order valence-corrected chi connectivity index (χ1v) is 10.2. The lowest BCUT2D eigenvalue weighted by molar-refractivity contribution is -0.384. The molecule has 9 heteroatoms. The van der Waals surface area contributed by atoms with Crippen molar-refractivity contribution in [2.75, 3.05) is 6.54 Å². The van der Waals surface area contributed by atoms with Crippen LogP contribution in [0.5, 0.6) is 0 Å². The topological polar surface area (TPSA) is 118 Å². The second kappa shape index (κ2) is 8.20. The van der Waals surface area contributed by atoms with Crippen LogP contribution in [0.4, 0.5) is 5.69 Å². The number of nitrogens with zero attached hydrogens (tertiary/aromatic N) is 4. The Morgan fingerprint density at radius 1 is 1.12 bits per heavy atom. The van der Waals surface area contributed by atoms with Crippen molar-refractivity contribution in [1.82, 2.24) is 19.9 Å². The summed E-state index contributed by atoms with van der Waals surface area (Å²) in [6.45, 7) is 1.77. The molecule has 0 aliphatic carbocycles. The average Bonchev–Trinajstić information content (AvgIpc) is 3.35. The molecule has 3 aromatic heterocycles. The molecule has 9 nitrogen and oxygen atoms in total. The smallest absolute Gasteiger partial charge is 0.270 e. The van der Waals surface area contributed by atoms with Crippen LogP contribution < -0.4 is 5.56 Å². The molecular weight excluding hydrogens is 410 g/mol. The molecule has 160 valence electrons. The van der Waals surface area contributed by atoms with Gasteiger partial charge in [-0.25, -0.2) is 4.98 Å². The van der Waals surface area contributed by atoms with Gasteiger partial charge in [0.1, 0.15) is 0 Å². The number of hydrogen-bond acceptors (Lipinski definition) is 7. The van der Waals surface area contributed by atoms with E-state index in [-0.39, 0.29) is 11.2 Å². The highest BCUT2D eigenvalue weighted by molar-refractivity contribution is 5.62. The first-order chi connectivity index (χ1) is 15.6. The summed E-state index contributed by atoms with van der Waals surface area (Å²) in [5, 5.41) is 11.1. The number of nitro benzene ring substituents is 1. The summed E-state index contributed by atoms with van der Waals surface area (Å²) in [5.41, 5.74) is 3.50. The van der Waals surface area contributed by atoms with E-state index in [9.17, 15) is 14.9 Å². The monoisotopic (exact) mass is 429 g/mol. The molecule has 5 rings (SSSR count). The number of fused-ring (bicyclic) bond motifs is 1. The number of benzene rings is 1. The summed E-state index contributed by atoms with van der Waals surface area (Å²) < 4.78 is 5.35. The van der Waals surface area contributed by atoms with Crippen LogP contribution in [0.2, 0.25) is 0 Å². The molecule has 4 heterocycles. The summed E-state index contributed by atoms with van der Waals surface area (Å²) in [5.74, 6) is 0.980. The molecular formula is C23H19N5O4. The van der Waals surface area contributed by atoms with Crippen LogP contribution in [-0.2, 0) is 19.5 Å². The Morgan fingerprint density at radius 3 is 2.81 bits per heavy atom. The maximum Gasteiger partial charge on any atom is 0.270 e. The quantitative estimate of drug-likeness (QED) is 0.381. The molecule has 0 atom stereocenters. The van der Waals surface area contributed by atoms with Crippen molar-refractivity contribution in [3.05, 3.63) is 98.3 Å². The van der Waals surface area contributed by atoms with Crippen molar-refractivity contribution in [3.8, 4) is 22.8 Å². The second-order valence-corrected chi connectivity index (χ2v) is 7.60. The highest BCUT2D eigenvalue weighted by atomic mass is 16.6. The van der Waals surface area contributed by atoms with E-state index in [1.54, 1.807) is 30.5 Å². The predicted octanol–water partition coefficient (Wildman–Crippen LogP) is 3.56. The molecule has 32 heavy (non-hydrogen) atoms. The Kier molecular flexibility index (Phi) is 5.08. The fourth-order valence-electron chi connectivity index (χ4n) is 3.88. The van der Waals surface area contributed by atoms with Crippen LogP contribution in [0.15, 0.2) is 70.1 Å². The zero-order valence-corrected chi connectivity index (χ0v) is 17.0. The SMILES string of the molecule is O=c1[nH]c(-c2ccco2)nc2c1CN(Cc1cccc(-c3cccc([N+](=O)[O-])c3)n1)CC2. The van der Waals surface area contributed by atoms with Gasteiger partial charge in [0.15, 0.2) is 11.6 Å². The molecule has 0 unspecified atom stereocenters. The maximum atomic E-state index is 12.7. The number of aromatic amines is 1. The van der Waals surface area contributed by atoms with E-state index in [1.165, 1.54) is 12.1 Å². The number of nitro groups is 1. The number of hydrogen-bond donors (Lipinski definition) is 1. The minimum absolute atomic E-state index is 0.0305. The van der Waals surface area contributed by atoms with E-state index in [1.807, 2.05) is 18.2 Å². The third-order valence-corrected chi connectivity index (χ3v) is 5.45. The Balaban J connectivity index is 1.35.